The predicted octanol–water partition coefficient (Wildman–Crippen LogP) is 10.9. The summed E-state index contributed by atoms with van der Waals surface area (Å²) in [6.07, 6.45) is 39.4. The molecule has 0 aliphatic carbocycles. The molecule has 0 aliphatic rings. The lowest BCUT2D eigenvalue weighted by atomic mass is 10.1. The van der Waals surface area contributed by atoms with Crippen LogP contribution in [0.25, 0.3) is 0 Å². The molecule has 7 nitrogen and oxygen atoms in total. The smallest absolute Gasteiger partial charge is 0.305 e. The van der Waals surface area contributed by atoms with E-state index in [4.69, 9.17) is 14.2 Å². The summed E-state index contributed by atoms with van der Waals surface area (Å²) < 4.78 is 15.6. The average molecular weight is 695 g/mol. The van der Waals surface area contributed by atoms with Crippen LogP contribution in [0, 0.1) is 0 Å². The number of aliphatic hydroxyl groups is 2. The molecule has 0 rings (SSSR count). The molecule has 0 bridgehead atoms. The van der Waals surface area contributed by atoms with Crippen molar-refractivity contribution < 1.29 is 34.0 Å². The first-order valence-corrected chi connectivity index (χ1v) is 20.5. The predicted molar refractivity (Wildman–Crippen MR) is 204 cm³/mol. The number of carbonyl (C=O) groups excluding carboxylic acids is 2. The second kappa shape index (κ2) is 39.1. The summed E-state index contributed by atoms with van der Waals surface area (Å²) in [5, 5.41) is 20.0. The third kappa shape index (κ3) is 38.9. The molecular weight excluding hydrogens is 616 g/mol. The van der Waals surface area contributed by atoms with E-state index < -0.39 is 12.2 Å². The second-order valence-corrected chi connectivity index (χ2v) is 13.9. The minimum absolute atomic E-state index is 0.0688. The number of esters is 2. The van der Waals surface area contributed by atoms with Crippen LogP contribution in [0.4, 0.5) is 0 Å². The average Bonchev–Trinajstić information content (AvgIpc) is 3.09. The molecule has 0 saturated carbocycles. The quantitative estimate of drug-likeness (QED) is 0.0377. The Morgan fingerprint density at radius 1 is 0.429 bits per heavy atom. The molecule has 0 aliphatic heterocycles. The van der Waals surface area contributed by atoms with Crippen molar-refractivity contribution in [2.45, 2.75) is 206 Å². The summed E-state index contributed by atoms with van der Waals surface area (Å²) in [6.45, 7) is 4.10. The van der Waals surface area contributed by atoms with Gasteiger partial charge in [-0.25, -0.2) is 0 Å². The molecule has 0 amide bonds. The van der Waals surface area contributed by atoms with Gasteiger partial charge in [0.15, 0.2) is 0 Å². The van der Waals surface area contributed by atoms with Crippen molar-refractivity contribution in [3.05, 3.63) is 24.3 Å². The summed E-state index contributed by atoms with van der Waals surface area (Å²) in [5.41, 5.74) is 0. The minimum Gasteiger partial charge on any atom is -0.463 e. The van der Waals surface area contributed by atoms with E-state index in [0.29, 0.717) is 12.8 Å². The Kier molecular flexibility index (Phi) is 37.7. The summed E-state index contributed by atoms with van der Waals surface area (Å²) in [4.78, 5) is 23.9. The van der Waals surface area contributed by atoms with E-state index in [1.165, 1.54) is 116 Å². The largest absolute Gasteiger partial charge is 0.463 e. The molecule has 2 atom stereocenters. The van der Waals surface area contributed by atoms with Crippen molar-refractivity contribution in [3.8, 4) is 0 Å². The first-order chi connectivity index (χ1) is 24.0. The molecule has 0 fully saturated rings. The van der Waals surface area contributed by atoms with Gasteiger partial charge in [-0.05, 0) is 64.2 Å². The molecule has 0 spiro atoms. The van der Waals surface area contributed by atoms with Gasteiger partial charge >= 0.3 is 11.9 Å². The fraction of sp³-hybridized carbons (Fsp3) is 0.857. The van der Waals surface area contributed by atoms with Gasteiger partial charge in [0.2, 0.25) is 0 Å². The monoisotopic (exact) mass is 695 g/mol. The number of allylic oxidation sites excluding steroid dienone is 4. The van der Waals surface area contributed by atoms with Crippen LogP contribution in [-0.4, -0.2) is 60.8 Å². The van der Waals surface area contributed by atoms with Gasteiger partial charge in [0.25, 0.3) is 0 Å². The molecule has 49 heavy (non-hydrogen) atoms. The van der Waals surface area contributed by atoms with Crippen molar-refractivity contribution in [2.24, 2.45) is 0 Å². The van der Waals surface area contributed by atoms with Crippen molar-refractivity contribution in [1.82, 2.24) is 0 Å². The molecule has 0 aromatic carbocycles. The number of unbranched alkanes of at least 4 members (excludes halogenated alkanes) is 22. The molecule has 0 radical (unpaired) electrons. The number of ether oxygens (including phenoxy) is 3. The van der Waals surface area contributed by atoms with E-state index in [-0.39, 0.29) is 38.4 Å². The van der Waals surface area contributed by atoms with Gasteiger partial charge in [0.1, 0.15) is 25.4 Å². The molecule has 0 heterocycles. The van der Waals surface area contributed by atoms with Crippen molar-refractivity contribution in [1.29, 1.82) is 0 Å². The van der Waals surface area contributed by atoms with Crippen LogP contribution in [0.1, 0.15) is 194 Å². The van der Waals surface area contributed by atoms with Gasteiger partial charge < -0.3 is 24.4 Å². The van der Waals surface area contributed by atoms with Crippen molar-refractivity contribution in [2.75, 3.05) is 26.4 Å². The molecule has 7 heteroatoms. The van der Waals surface area contributed by atoms with E-state index in [1.807, 2.05) is 0 Å². The topological polar surface area (TPSA) is 102 Å². The number of hydrogen-bond acceptors (Lipinski definition) is 7. The lowest BCUT2D eigenvalue weighted by molar-refractivity contribution is -0.149. The zero-order valence-electron chi connectivity index (χ0n) is 32.0. The minimum atomic E-state index is -0.964. The summed E-state index contributed by atoms with van der Waals surface area (Å²) in [7, 11) is 0. The Bertz CT molecular complexity index is 704. The molecule has 2 N–H and O–H groups in total. The normalized spacial score (nSPS) is 13.0. The summed E-state index contributed by atoms with van der Waals surface area (Å²) >= 11 is 0. The highest BCUT2D eigenvalue weighted by molar-refractivity contribution is 5.69. The van der Waals surface area contributed by atoms with Crippen LogP contribution in [0.2, 0.25) is 0 Å². The molecular formula is C42H78O7. The van der Waals surface area contributed by atoms with Crippen LogP contribution < -0.4 is 0 Å². The highest BCUT2D eigenvalue weighted by Gasteiger charge is 2.13. The van der Waals surface area contributed by atoms with Crippen LogP contribution in [-0.2, 0) is 23.8 Å². The second-order valence-electron chi connectivity index (χ2n) is 13.9. The van der Waals surface area contributed by atoms with E-state index in [9.17, 15) is 19.8 Å². The molecule has 2 unspecified atom stereocenters. The molecule has 0 saturated heterocycles. The van der Waals surface area contributed by atoms with Crippen LogP contribution in [0.5, 0.6) is 0 Å². The zero-order chi connectivity index (χ0) is 35.9. The van der Waals surface area contributed by atoms with Crippen molar-refractivity contribution >= 4 is 11.9 Å². The van der Waals surface area contributed by atoms with Gasteiger partial charge in [-0.3, -0.25) is 9.59 Å². The number of hydrogen-bond donors (Lipinski definition) is 2. The van der Waals surface area contributed by atoms with E-state index in [0.717, 1.165) is 51.4 Å². The number of aliphatic hydroxyl groups excluding tert-OH is 2. The Balaban J connectivity index is 3.52. The van der Waals surface area contributed by atoms with E-state index >= 15 is 0 Å². The maximum absolute atomic E-state index is 12.0. The van der Waals surface area contributed by atoms with Crippen molar-refractivity contribution in [3.63, 3.8) is 0 Å². The Morgan fingerprint density at radius 3 is 1.04 bits per heavy atom. The molecule has 0 aromatic heterocycles. The fourth-order valence-electron chi connectivity index (χ4n) is 5.64. The third-order valence-corrected chi connectivity index (χ3v) is 8.78. The van der Waals surface area contributed by atoms with E-state index in [1.54, 1.807) is 0 Å². The highest BCUT2D eigenvalue weighted by Crippen LogP contribution is 2.12. The number of carbonyl (C=O) groups is 2. The first kappa shape index (κ1) is 47.3. The van der Waals surface area contributed by atoms with Gasteiger partial charge in [0.05, 0.1) is 13.2 Å². The molecule has 0 aromatic rings. The summed E-state index contributed by atoms with van der Waals surface area (Å²) in [5.74, 6) is -0.621. The Labute approximate surface area is 302 Å². The lowest BCUT2D eigenvalue weighted by Crippen LogP contribution is -2.28. The van der Waals surface area contributed by atoms with Gasteiger partial charge in [0, 0.05) is 12.8 Å². The van der Waals surface area contributed by atoms with Gasteiger partial charge in [-0.1, -0.05) is 141 Å². The number of rotatable bonds is 38. The van der Waals surface area contributed by atoms with Crippen LogP contribution in [0.3, 0.4) is 0 Å². The van der Waals surface area contributed by atoms with Crippen LogP contribution in [0.15, 0.2) is 24.3 Å². The lowest BCUT2D eigenvalue weighted by Gasteiger charge is -2.15. The fourth-order valence-corrected chi connectivity index (χ4v) is 5.64. The molecule has 288 valence electrons. The zero-order valence-corrected chi connectivity index (χ0v) is 32.0. The maximum Gasteiger partial charge on any atom is 0.305 e. The van der Waals surface area contributed by atoms with Gasteiger partial charge in [-0.15, -0.1) is 0 Å². The standard InChI is InChI=1S/C42H78O7/c1-3-5-7-9-11-13-15-17-19-21-23-25-27-29-31-33-41(45)48-37-39(43)35-47-36-40(44)38-49-42(46)34-32-30-28-26-24-22-20-18-16-14-12-10-8-6-4-2/h17-20,39-40,43-44H,3-16,21-38H2,1-2H3. The Morgan fingerprint density at radius 2 is 0.714 bits per heavy atom. The summed E-state index contributed by atoms with van der Waals surface area (Å²) in [6, 6.07) is 0. The highest BCUT2D eigenvalue weighted by atomic mass is 16.6. The van der Waals surface area contributed by atoms with Gasteiger partial charge in [-0.2, -0.15) is 0 Å². The van der Waals surface area contributed by atoms with Crippen LogP contribution >= 0.6 is 0 Å². The first-order valence-electron chi connectivity index (χ1n) is 20.5. The SMILES string of the molecule is CCCCCCCCC=CCCCCCCCC(=O)OCC(O)COCC(O)COC(=O)CCCCCCCC=CCCCCCCCC. The third-order valence-electron chi connectivity index (χ3n) is 8.78. The van der Waals surface area contributed by atoms with E-state index in [2.05, 4.69) is 38.2 Å². The maximum atomic E-state index is 12.0. The Hall–Kier alpha value is -1.70.